The Bertz CT molecular complexity index is 1590. The molecule has 1 aliphatic carbocycles. The van der Waals surface area contributed by atoms with Crippen molar-refractivity contribution in [2.24, 2.45) is 10.9 Å². The molecular formula is C27H24Cl2F2N4O2S. The van der Waals surface area contributed by atoms with E-state index in [1.165, 1.54) is 36.9 Å². The SMILES string of the molecule is C/C=C/N=C(/C(F)=C/n1c(C)cc(C2C(c3cncc(Cl)n3)[C@H]2C)c(Cl)c1=O)c1cccc(S(C)=O)c1F. The number of aliphatic imine (C=N–C) groups is 1. The highest BCUT2D eigenvalue weighted by molar-refractivity contribution is 7.84. The summed E-state index contributed by atoms with van der Waals surface area (Å²) in [6, 6.07) is 5.89. The van der Waals surface area contributed by atoms with E-state index in [-0.39, 0.29) is 44.1 Å². The molecule has 1 aromatic carbocycles. The van der Waals surface area contributed by atoms with Gasteiger partial charge in [-0.05, 0) is 49.4 Å². The molecule has 2 aromatic heterocycles. The number of benzene rings is 1. The van der Waals surface area contributed by atoms with Crippen LogP contribution in [0.2, 0.25) is 10.2 Å². The first-order valence-electron chi connectivity index (χ1n) is 11.6. The van der Waals surface area contributed by atoms with E-state index < -0.39 is 28.0 Å². The van der Waals surface area contributed by atoms with Gasteiger partial charge in [-0.15, -0.1) is 0 Å². The number of nitrogens with zero attached hydrogens (tertiary/aromatic N) is 4. The lowest BCUT2D eigenvalue weighted by Crippen LogP contribution is -2.21. The van der Waals surface area contributed by atoms with Gasteiger partial charge >= 0.3 is 0 Å². The fourth-order valence-corrected chi connectivity index (χ4v) is 5.62. The minimum Gasteiger partial charge on any atom is -0.284 e. The van der Waals surface area contributed by atoms with Gasteiger partial charge in [0.2, 0.25) is 0 Å². The van der Waals surface area contributed by atoms with E-state index in [9.17, 15) is 9.00 Å². The summed E-state index contributed by atoms with van der Waals surface area (Å²) in [7, 11) is -1.64. The third kappa shape index (κ3) is 5.41. The molecule has 11 heteroatoms. The Morgan fingerprint density at radius 2 is 1.97 bits per heavy atom. The first-order chi connectivity index (χ1) is 18.1. The van der Waals surface area contributed by atoms with E-state index in [4.69, 9.17) is 23.2 Å². The van der Waals surface area contributed by atoms with Gasteiger partial charge in [-0.2, -0.15) is 0 Å². The summed E-state index contributed by atoms with van der Waals surface area (Å²) in [6.45, 7) is 5.34. The fraction of sp³-hybridized carbons (Fsp3) is 0.259. The maximum Gasteiger partial charge on any atom is 0.273 e. The molecule has 38 heavy (non-hydrogen) atoms. The summed E-state index contributed by atoms with van der Waals surface area (Å²) in [6.07, 6.45) is 8.20. The average Bonchev–Trinajstić information content (AvgIpc) is 3.55. The van der Waals surface area contributed by atoms with Gasteiger partial charge in [-0.25, -0.2) is 13.8 Å². The molecule has 0 saturated heterocycles. The summed E-state index contributed by atoms with van der Waals surface area (Å²) in [5.41, 5.74) is 0.603. The lowest BCUT2D eigenvalue weighted by molar-refractivity contribution is 0.591. The van der Waals surface area contributed by atoms with Gasteiger partial charge in [0.05, 0.1) is 33.8 Å². The number of hydrogen-bond donors (Lipinski definition) is 0. The van der Waals surface area contributed by atoms with E-state index in [1.807, 2.05) is 6.92 Å². The molecule has 4 rings (SSSR count). The van der Waals surface area contributed by atoms with Crippen LogP contribution in [0.3, 0.4) is 0 Å². The van der Waals surface area contributed by atoms with Crippen LogP contribution in [0.25, 0.3) is 6.20 Å². The number of halogens is 4. The summed E-state index contributed by atoms with van der Waals surface area (Å²) < 4.78 is 43.7. The van der Waals surface area contributed by atoms with E-state index in [1.54, 1.807) is 32.2 Å². The van der Waals surface area contributed by atoms with Crippen molar-refractivity contribution < 1.29 is 13.0 Å². The van der Waals surface area contributed by atoms with Crippen molar-refractivity contribution in [3.05, 3.63) is 104 Å². The van der Waals surface area contributed by atoms with Crippen molar-refractivity contribution in [3.63, 3.8) is 0 Å². The Morgan fingerprint density at radius 1 is 1.24 bits per heavy atom. The highest BCUT2D eigenvalue weighted by Crippen LogP contribution is 2.60. The van der Waals surface area contributed by atoms with Crippen LogP contribution in [-0.4, -0.2) is 30.7 Å². The maximum atomic E-state index is 15.6. The van der Waals surface area contributed by atoms with Gasteiger partial charge in [0.25, 0.3) is 5.56 Å². The molecule has 0 spiro atoms. The van der Waals surface area contributed by atoms with Crippen LogP contribution in [0, 0.1) is 18.7 Å². The van der Waals surface area contributed by atoms with Crippen molar-refractivity contribution in [3.8, 4) is 0 Å². The van der Waals surface area contributed by atoms with Crippen molar-refractivity contribution in [1.29, 1.82) is 0 Å². The van der Waals surface area contributed by atoms with Gasteiger partial charge in [0.1, 0.15) is 21.7 Å². The molecule has 4 atom stereocenters. The summed E-state index contributed by atoms with van der Waals surface area (Å²) >= 11 is 12.5. The zero-order valence-corrected chi connectivity index (χ0v) is 23.3. The Morgan fingerprint density at radius 3 is 2.63 bits per heavy atom. The van der Waals surface area contributed by atoms with Crippen LogP contribution in [0.15, 0.2) is 69.4 Å². The number of pyridine rings is 1. The topological polar surface area (TPSA) is 77.2 Å². The molecule has 6 nitrogen and oxygen atoms in total. The first kappa shape index (κ1) is 28.0. The second kappa shape index (κ2) is 11.4. The largest absolute Gasteiger partial charge is 0.284 e. The van der Waals surface area contributed by atoms with Crippen LogP contribution in [0.5, 0.6) is 0 Å². The van der Waals surface area contributed by atoms with Gasteiger partial charge in [-0.1, -0.05) is 42.3 Å². The zero-order chi connectivity index (χ0) is 27.7. The third-order valence-electron chi connectivity index (χ3n) is 6.46. The number of hydrogen-bond acceptors (Lipinski definition) is 5. The molecule has 1 fully saturated rings. The predicted molar refractivity (Wildman–Crippen MR) is 148 cm³/mol. The quantitative estimate of drug-likeness (QED) is 0.303. The van der Waals surface area contributed by atoms with Gasteiger partial charge in [-0.3, -0.25) is 23.5 Å². The van der Waals surface area contributed by atoms with Gasteiger partial charge in [0.15, 0.2) is 5.83 Å². The highest BCUT2D eigenvalue weighted by Gasteiger charge is 2.51. The van der Waals surface area contributed by atoms with Crippen LogP contribution < -0.4 is 5.56 Å². The molecule has 2 heterocycles. The van der Waals surface area contributed by atoms with E-state index in [0.717, 1.165) is 10.8 Å². The van der Waals surface area contributed by atoms with E-state index in [2.05, 4.69) is 15.0 Å². The maximum absolute atomic E-state index is 15.6. The number of aryl methyl sites for hydroxylation is 1. The Kier molecular flexibility index (Phi) is 8.40. The molecule has 3 unspecified atom stereocenters. The van der Waals surface area contributed by atoms with Crippen molar-refractivity contribution in [1.82, 2.24) is 14.5 Å². The molecule has 0 N–H and O–H groups in total. The minimum absolute atomic E-state index is 0.0143. The van der Waals surface area contributed by atoms with E-state index >= 15 is 8.78 Å². The Labute approximate surface area is 231 Å². The van der Waals surface area contributed by atoms with Crippen molar-refractivity contribution in [2.45, 2.75) is 37.5 Å². The Balaban J connectivity index is 1.76. The predicted octanol–water partition coefficient (Wildman–Crippen LogP) is 6.44. The molecule has 0 aliphatic heterocycles. The molecule has 0 bridgehead atoms. The Hall–Kier alpha value is -3.01. The van der Waals surface area contributed by atoms with Crippen molar-refractivity contribution in [2.75, 3.05) is 6.26 Å². The second-order valence-electron chi connectivity index (χ2n) is 8.92. The molecule has 0 amide bonds. The zero-order valence-electron chi connectivity index (χ0n) is 21.0. The number of aromatic nitrogens is 3. The van der Waals surface area contributed by atoms with Gasteiger partial charge in [0, 0.05) is 35.8 Å². The summed E-state index contributed by atoms with van der Waals surface area (Å²) in [4.78, 5) is 25.7. The molecule has 198 valence electrons. The van der Waals surface area contributed by atoms with Crippen LogP contribution in [0.1, 0.15) is 48.2 Å². The normalized spacial score (nSPS) is 20.7. The average molecular weight is 577 g/mol. The second-order valence-corrected chi connectivity index (χ2v) is 11.0. The molecule has 0 radical (unpaired) electrons. The summed E-state index contributed by atoms with van der Waals surface area (Å²) in [5.74, 6) is -1.78. The van der Waals surface area contributed by atoms with Crippen LogP contribution in [0.4, 0.5) is 8.78 Å². The molecular weight excluding hydrogens is 553 g/mol. The highest BCUT2D eigenvalue weighted by atomic mass is 35.5. The van der Waals surface area contributed by atoms with Crippen LogP contribution in [-0.2, 0) is 10.8 Å². The third-order valence-corrected chi connectivity index (χ3v) is 7.95. The lowest BCUT2D eigenvalue weighted by Gasteiger charge is -2.12. The minimum atomic E-state index is -1.64. The summed E-state index contributed by atoms with van der Waals surface area (Å²) in [5, 5.41) is 0.233. The monoisotopic (exact) mass is 576 g/mol. The first-order valence-corrected chi connectivity index (χ1v) is 14.0. The lowest BCUT2D eigenvalue weighted by atomic mass is 10.1. The smallest absolute Gasteiger partial charge is 0.273 e. The van der Waals surface area contributed by atoms with Crippen LogP contribution >= 0.6 is 23.2 Å². The molecule has 1 aliphatic rings. The number of rotatable bonds is 7. The standard InChI is InChI=1S/C27H24Cl2F2N4O2S/c1-5-9-33-26(16-7-6-8-20(25(16)31)38(4)37)18(30)13-35-14(2)10-17(24(29)27(35)36)22-15(3)23(22)19-11-32-12-21(28)34-19/h5-13,15,22-23H,1-4H3/b9-5+,18-13-,33-26+/t15-,22?,23?,38?/m0/s1. The molecule has 1 saturated carbocycles. The van der Waals surface area contributed by atoms with Gasteiger partial charge < -0.3 is 0 Å². The fourth-order valence-electron chi connectivity index (χ4n) is 4.56. The van der Waals surface area contributed by atoms with Crippen molar-refractivity contribution >= 4 is 45.9 Å². The number of allylic oxidation sites excluding steroid dienone is 2. The van der Waals surface area contributed by atoms with E-state index in [0.29, 0.717) is 17.0 Å². The molecule has 3 aromatic rings.